The number of nitrogens with zero attached hydrogens (tertiary/aromatic N) is 3. The standard InChI is InChI=1S/C17H23N5O3/c23-16-19-10-13-11-21(7-8-22(13)16)17(24)20-12-5-6-15(18-9-12)25-14-3-1-2-4-14/h5-6,9,13-14H,1-4,7-8,10-11H2,(H,19,23)(H,20,24). The van der Waals surface area contributed by atoms with Crippen LogP contribution in [0, 0.1) is 0 Å². The van der Waals surface area contributed by atoms with Gasteiger partial charge in [-0.2, -0.15) is 0 Å². The molecule has 0 aromatic carbocycles. The van der Waals surface area contributed by atoms with Crippen molar-refractivity contribution in [2.75, 3.05) is 31.5 Å². The summed E-state index contributed by atoms with van der Waals surface area (Å²) >= 11 is 0. The van der Waals surface area contributed by atoms with Crippen molar-refractivity contribution >= 4 is 17.7 Å². The van der Waals surface area contributed by atoms with Crippen LogP contribution in [0.1, 0.15) is 25.7 Å². The van der Waals surface area contributed by atoms with E-state index in [4.69, 9.17) is 4.74 Å². The molecule has 2 aliphatic heterocycles. The van der Waals surface area contributed by atoms with Crippen molar-refractivity contribution in [2.24, 2.45) is 0 Å². The van der Waals surface area contributed by atoms with E-state index in [1.807, 2.05) is 6.07 Å². The zero-order valence-electron chi connectivity index (χ0n) is 14.1. The summed E-state index contributed by atoms with van der Waals surface area (Å²) in [5.74, 6) is 0.606. The SMILES string of the molecule is O=C(Nc1ccc(OC2CCCC2)nc1)N1CCN2C(=O)NCC2C1. The molecule has 3 aliphatic rings. The first-order valence-corrected chi connectivity index (χ1v) is 8.92. The fraction of sp³-hybridized carbons (Fsp3) is 0.588. The highest BCUT2D eigenvalue weighted by atomic mass is 16.5. The molecule has 1 atom stereocenters. The number of aromatic nitrogens is 1. The van der Waals surface area contributed by atoms with Gasteiger partial charge in [0.15, 0.2) is 0 Å². The fourth-order valence-corrected chi connectivity index (χ4v) is 3.69. The van der Waals surface area contributed by atoms with Gasteiger partial charge in [-0.05, 0) is 31.7 Å². The predicted octanol–water partition coefficient (Wildman–Crippen LogP) is 1.64. The van der Waals surface area contributed by atoms with Crippen molar-refractivity contribution in [3.05, 3.63) is 18.3 Å². The number of hydrogen-bond acceptors (Lipinski definition) is 4. The number of rotatable bonds is 3. The maximum atomic E-state index is 12.4. The van der Waals surface area contributed by atoms with Crippen molar-refractivity contribution in [2.45, 2.75) is 37.8 Å². The highest BCUT2D eigenvalue weighted by Crippen LogP contribution is 2.23. The third-order valence-corrected chi connectivity index (χ3v) is 5.10. The molecule has 1 saturated carbocycles. The molecular weight excluding hydrogens is 322 g/mol. The van der Waals surface area contributed by atoms with Crippen LogP contribution in [-0.4, -0.2) is 65.2 Å². The number of fused-ring (bicyclic) bond motifs is 1. The lowest BCUT2D eigenvalue weighted by molar-refractivity contribution is 0.136. The average Bonchev–Trinajstić information content (AvgIpc) is 3.26. The lowest BCUT2D eigenvalue weighted by Gasteiger charge is -2.36. The highest BCUT2D eigenvalue weighted by Gasteiger charge is 2.36. The predicted molar refractivity (Wildman–Crippen MR) is 91.6 cm³/mol. The number of pyridine rings is 1. The maximum absolute atomic E-state index is 12.4. The Kier molecular flexibility index (Phi) is 4.33. The number of carbonyl (C=O) groups is 2. The lowest BCUT2D eigenvalue weighted by atomic mass is 10.2. The molecule has 1 aromatic heterocycles. The Morgan fingerprint density at radius 1 is 1.28 bits per heavy atom. The van der Waals surface area contributed by atoms with Crippen molar-refractivity contribution in [1.82, 2.24) is 20.1 Å². The zero-order chi connectivity index (χ0) is 17.2. The van der Waals surface area contributed by atoms with Gasteiger partial charge in [-0.15, -0.1) is 0 Å². The normalized spacial score (nSPS) is 23.4. The Bertz CT molecular complexity index is 644. The molecule has 0 radical (unpaired) electrons. The second-order valence-electron chi connectivity index (χ2n) is 6.82. The molecule has 4 rings (SSSR count). The number of carbonyl (C=O) groups excluding carboxylic acids is 2. The van der Waals surface area contributed by atoms with Crippen LogP contribution in [0.4, 0.5) is 15.3 Å². The molecule has 25 heavy (non-hydrogen) atoms. The number of hydrogen-bond donors (Lipinski definition) is 2. The third-order valence-electron chi connectivity index (χ3n) is 5.10. The number of amides is 4. The maximum Gasteiger partial charge on any atom is 0.322 e. The highest BCUT2D eigenvalue weighted by molar-refractivity contribution is 5.89. The largest absolute Gasteiger partial charge is 0.474 e. The summed E-state index contributed by atoms with van der Waals surface area (Å²) in [6, 6.07) is 3.47. The molecule has 4 amide bonds. The second-order valence-corrected chi connectivity index (χ2v) is 6.82. The minimum absolute atomic E-state index is 0.0351. The first-order chi connectivity index (χ1) is 12.2. The number of nitrogens with one attached hydrogen (secondary N) is 2. The van der Waals surface area contributed by atoms with Gasteiger partial charge >= 0.3 is 12.1 Å². The molecule has 8 heteroatoms. The first kappa shape index (κ1) is 16.0. The van der Waals surface area contributed by atoms with Gasteiger partial charge in [0, 0.05) is 32.2 Å². The van der Waals surface area contributed by atoms with Crippen molar-refractivity contribution < 1.29 is 14.3 Å². The summed E-state index contributed by atoms with van der Waals surface area (Å²) in [5.41, 5.74) is 0.645. The number of anilines is 1. The molecular formula is C17H23N5O3. The van der Waals surface area contributed by atoms with Gasteiger partial charge in [0.2, 0.25) is 5.88 Å². The molecule has 3 fully saturated rings. The van der Waals surface area contributed by atoms with E-state index in [2.05, 4.69) is 15.6 Å². The number of urea groups is 2. The topological polar surface area (TPSA) is 86.8 Å². The van der Waals surface area contributed by atoms with E-state index < -0.39 is 0 Å². The Labute approximate surface area is 146 Å². The average molecular weight is 345 g/mol. The quantitative estimate of drug-likeness (QED) is 0.872. The number of piperazine rings is 1. The van der Waals surface area contributed by atoms with Crippen molar-refractivity contribution in [3.8, 4) is 5.88 Å². The molecule has 0 spiro atoms. The smallest absolute Gasteiger partial charge is 0.322 e. The van der Waals surface area contributed by atoms with Gasteiger partial charge in [-0.25, -0.2) is 14.6 Å². The van der Waals surface area contributed by atoms with Gasteiger partial charge < -0.3 is 25.2 Å². The molecule has 2 N–H and O–H groups in total. The van der Waals surface area contributed by atoms with Crippen molar-refractivity contribution in [3.63, 3.8) is 0 Å². The Morgan fingerprint density at radius 2 is 2.12 bits per heavy atom. The van der Waals surface area contributed by atoms with E-state index in [-0.39, 0.29) is 24.2 Å². The van der Waals surface area contributed by atoms with Crippen LogP contribution in [0.25, 0.3) is 0 Å². The van der Waals surface area contributed by atoms with Gasteiger partial charge in [-0.1, -0.05) is 0 Å². The van der Waals surface area contributed by atoms with Gasteiger partial charge in [0.1, 0.15) is 6.10 Å². The van der Waals surface area contributed by atoms with E-state index in [1.165, 1.54) is 12.8 Å². The van der Waals surface area contributed by atoms with Crippen LogP contribution >= 0.6 is 0 Å². The minimum atomic E-state index is -0.162. The molecule has 1 unspecified atom stereocenters. The molecule has 1 aliphatic carbocycles. The monoisotopic (exact) mass is 345 g/mol. The molecule has 8 nitrogen and oxygen atoms in total. The van der Waals surface area contributed by atoms with E-state index >= 15 is 0 Å². The Morgan fingerprint density at radius 3 is 2.88 bits per heavy atom. The molecule has 2 saturated heterocycles. The molecule has 1 aromatic rings. The van der Waals surface area contributed by atoms with Crippen LogP contribution in [0.5, 0.6) is 5.88 Å². The third kappa shape index (κ3) is 3.47. The molecule has 134 valence electrons. The van der Waals surface area contributed by atoms with Crippen LogP contribution in [0.3, 0.4) is 0 Å². The Hall–Kier alpha value is -2.51. The van der Waals surface area contributed by atoms with E-state index in [1.54, 1.807) is 22.1 Å². The summed E-state index contributed by atoms with van der Waals surface area (Å²) in [6.07, 6.45) is 6.50. The van der Waals surface area contributed by atoms with E-state index in [0.29, 0.717) is 37.7 Å². The lowest BCUT2D eigenvalue weighted by Crippen LogP contribution is -2.54. The summed E-state index contributed by atoms with van der Waals surface area (Å²) in [7, 11) is 0. The van der Waals surface area contributed by atoms with E-state index in [9.17, 15) is 9.59 Å². The van der Waals surface area contributed by atoms with Crippen LogP contribution in [-0.2, 0) is 0 Å². The zero-order valence-corrected chi connectivity index (χ0v) is 14.1. The fourth-order valence-electron chi connectivity index (χ4n) is 3.69. The van der Waals surface area contributed by atoms with Crippen LogP contribution in [0.2, 0.25) is 0 Å². The van der Waals surface area contributed by atoms with E-state index in [0.717, 1.165) is 12.8 Å². The van der Waals surface area contributed by atoms with Crippen molar-refractivity contribution in [1.29, 1.82) is 0 Å². The van der Waals surface area contributed by atoms with Crippen LogP contribution < -0.4 is 15.4 Å². The summed E-state index contributed by atoms with van der Waals surface area (Å²) in [6.45, 7) is 2.24. The van der Waals surface area contributed by atoms with Crippen LogP contribution in [0.15, 0.2) is 18.3 Å². The summed E-state index contributed by atoms with van der Waals surface area (Å²) in [5, 5.41) is 5.68. The Balaban J connectivity index is 1.31. The van der Waals surface area contributed by atoms with Gasteiger partial charge in [0.25, 0.3) is 0 Å². The number of ether oxygens (including phenoxy) is 1. The second kappa shape index (κ2) is 6.78. The van der Waals surface area contributed by atoms with Gasteiger partial charge in [0.05, 0.1) is 17.9 Å². The summed E-state index contributed by atoms with van der Waals surface area (Å²) in [4.78, 5) is 31.9. The molecule has 0 bridgehead atoms. The van der Waals surface area contributed by atoms with Gasteiger partial charge in [-0.3, -0.25) is 0 Å². The molecule has 3 heterocycles. The minimum Gasteiger partial charge on any atom is -0.474 e. The first-order valence-electron chi connectivity index (χ1n) is 8.92. The summed E-state index contributed by atoms with van der Waals surface area (Å²) < 4.78 is 5.83.